The molecule has 102 valence electrons. The highest BCUT2D eigenvalue weighted by molar-refractivity contribution is 6.36. The molecule has 0 saturated heterocycles. The molecule has 0 aliphatic carbocycles. The third-order valence-electron chi connectivity index (χ3n) is 2.17. The fraction of sp³-hybridized carbons (Fsp3) is 0.111. The summed E-state index contributed by atoms with van der Waals surface area (Å²) in [6.07, 6.45) is -3.06. The summed E-state index contributed by atoms with van der Waals surface area (Å²) in [4.78, 5) is 3.89. The monoisotopic (exact) mass is 311 g/mol. The first kappa shape index (κ1) is 13.9. The van der Waals surface area contributed by atoms with Crippen LogP contribution in [0, 0.1) is 0 Å². The lowest BCUT2D eigenvalue weighted by molar-refractivity contribution is -0.137. The van der Waals surface area contributed by atoms with E-state index in [-0.39, 0.29) is 21.7 Å². The number of hydrogen-bond donors (Lipinski definition) is 2. The number of anilines is 1. The third kappa shape index (κ3) is 2.75. The van der Waals surface area contributed by atoms with Crippen molar-refractivity contribution in [2.45, 2.75) is 6.18 Å². The summed E-state index contributed by atoms with van der Waals surface area (Å²) >= 11 is 11.6. The Labute approximate surface area is 115 Å². The highest BCUT2D eigenvalue weighted by Crippen LogP contribution is 2.31. The topological polar surface area (TPSA) is 68.8 Å². The molecule has 10 heteroatoms. The predicted molar refractivity (Wildman–Crippen MR) is 64.2 cm³/mol. The van der Waals surface area contributed by atoms with Crippen LogP contribution in [0.5, 0.6) is 0 Å². The maximum atomic E-state index is 12.5. The molecule has 3 N–H and O–H groups in total. The molecule has 0 atom stereocenters. The van der Waals surface area contributed by atoms with Crippen LogP contribution in [0.4, 0.5) is 19.0 Å². The zero-order chi connectivity index (χ0) is 14.2. The summed E-state index contributed by atoms with van der Waals surface area (Å²) in [5.74, 6) is 5.23. The average Bonchev–Trinajstić information content (AvgIpc) is 2.78. The van der Waals surface area contributed by atoms with Crippen LogP contribution in [-0.2, 0) is 6.18 Å². The molecule has 0 fully saturated rings. The number of nitrogens with zero attached hydrogens (tertiary/aromatic N) is 3. The van der Waals surface area contributed by atoms with E-state index in [0.717, 1.165) is 10.9 Å². The molecule has 2 aromatic heterocycles. The molecule has 2 heterocycles. The van der Waals surface area contributed by atoms with Crippen LogP contribution < -0.4 is 11.3 Å². The molecule has 2 aromatic rings. The van der Waals surface area contributed by atoms with Crippen LogP contribution in [0.3, 0.4) is 0 Å². The lowest BCUT2D eigenvalue weighted by atomic mass is 10.3. The lowest BCUT2D eigenvalue weighted by Gasteiger charge is -2.08. The Morgan fingerprint density at radius 2 is 1.95 bits per heavy atom. The number of rotatable bonds is 2. The summed E-state index contributed by atoms with van der Waals surface area (Å²) in [6, 6.07) is 1.30. The van der Waals surface area contributed by atoms with Gasteiger partial charge in [0.05, 0.1) is 21.8 Å². The van der Waals surface area contributed by atoms with E-state index in [1.165, 1.54) is 6.07 Å². The zero-order valence-corrected chi connectivity index (χ0v) is 10.6. The van der Waals surface area contributed by atoms with Gasteiger partial charge in [-0.15, -0.1) is 0 Å². The van der Waals surface area contributed by atoms with E-state index >= 15 is 0 Å². The second-order valence-electron chi connectivity index (χ2n) is 3.44. The summed E-state index contributed by atoms with van der Waals surface area (Å²) in [6.45, 7) is 0. The van der Waals surface area contributed by atoms with E-state index in [1.54, 1.807) is 0 Å². The van der Waals surface area contributed by atoms with Crippen LogP contribution in [0.25, 0.3) is 5.82 Å². The Kier molecular flexibility index (Phi) is 3.57. The summed E-state index contributed by atoms with van der Waals surface area (Å²) in [7, 11) is 0. The van der Waals surface area contributed by atoms with Crippen molar-refractivity contribution >= 4 is 29.0 Å². The minimum Gasteiger partial charge on any atom is -0.307 e. The molecular weight excluding hydrogens is 306 g/mol. The smallest absolute Gasteiger partial charge is 0.307 e. The number of hydrogen-bond acceptors (Lipinski definition) is 4. The number of aromatic nitrogens is 3. The maximum absolute atomic E-state index is 12.5. The standard InChI is InChI=1S/C9H6Cl2F3N5/c10-5-1-6(11)8(17-7(5)18-15)19-3-4(2-16-19)9(12,13)14/h1-3H,15H2,(H,17,18). The van der Waals surface area contributed by atoms with Crippen molar-refractivity contribution in [3.8, 4) is 5.82 Å². The molecule has 0 bridgehead atoms. The van der Waals surface area contributed by atoms with Gasteiger partial charge in [-0.2, -0.15) is 18.3 Å². The van der Waals surface area contributed by atoms with Crippen molar-refractivity contribution in [3.63, 3.8) is 0 Å². The van der Waals surface area contributed by atoms with E-state index in [2.05, 4.69) is 15.5 Å². The van der Waals surface area contributed by atoms with Gasteiger partial charge < -0.3 is 5.43 Å². The van der Waals surface area contributed by atoms with E-state index in [9.17, 15) is 13.2 Å². The summed E-state index contributed by atoms with van der Waals surface area (Å²) in [5.41, 5.74) is 1.29. The molecule has 0 aliphatic heterocycles. The van der Waals surface area contributed by atoms with Crippen molar-refractivity contribution in [3.05, 3.63) is 34.1 Å². The van der Waals surface area contributed by atoms with Gasteiger partial charge in [-0.3, -0.25) is 0 Å². The summed E-state index contributed by atoms with van der Waals surface area (Å²) < 4.78 is 38.3. The van der Waals surface area contributed by atoms with Gasteiger partial charge in [-0.05, 0) is 6.07 Å². The van der Waals surface area contributed by atoms with E-state index in [4.69, 9.17) is 29.0 Å². The third-order valence-corrected chi connectivity index (χ3v) is 2.74. The predicted octanol–water partition coefficient (Wildman–Crippen LogP) is 2.88. The number of alkyl halides is 3. The quantitative estimate of drug-likeness (QED) is 0.661. The van der Waals surface area contributed by atoms with E-state index in [0.29, 0.717) is 6.20 Å². The van der Waals surface area contributed by atoms with Crippen molar-refractivity contribution in [2.24, 2.45) is 5.84 Å². The van der Waals surface area contributed by atoms with Crippen molar-refractivity contribution in [2.75, 3.05) is 5.43 Å². The van der Waals surface area contributed by atoms with E-state index in [1.807, 2.05) is 0 Å². The molecule has 0 radical (unpaired) electrons. The van der Waals surface area contributed by atoms with Gasteiger partial charge in [0, 0.05) is 6.20 Å². The number of nitrogen functional groups attached to an aromatic ring is 1. The second kappa shape index (κ2) is 4.87. The molecule has 0 saturated carbocycles. The van der Waals surface area contributed by atoms with Crippen molar-refractivity contribution < 1.29 is 13.2 Å². The Balaban J connectivity index is 2.50. The van der Waals surface area contributed by atoms with Crippen molar-refractivity contribution in [1.82, 2.24) is 14.8 Å². The van der Waals surface area contributed by atoms with Gasteiger partial charge in [0.2, 0.25) is 0 Å². The highest BCUT2D eigenvalue weighted by Gasteiger charge is 2.32. The Morgan fingerprint density at radius 1 is 1.26 bits per heavy atom. The Morgan fingerprint density at radius 3 is 2.47 bits per heavy atom. The molecule has 0 amide bonds. The average molecular weight is 312 g/mol. The minimum absolute atomic E-state index is 0.0190. The number of pyridine rings is 1. The van der Waals surface area contributed by atoms with Crippen LogP contribution in [0.1, 0.15) is 5.56 Å². The Bertz CT molecular complexity index is 610. The second-order valence-corrected chi connectivity index (χ2v) is 4.25. The number of nitrogens with two attached hydrogens (primary N) is 1. The van der Waals surface area contributed by atoms with Gasteiger partial charge in [0.1, 0.15) is 0 Å². The van der Waals surface area contributed by atoms with Crippen LogP contribution in [0.15, 0.2) is 18.5 Å². The molecule has 5 nitrogen and oxygen atoms in total. The Hall–Kier alpha value is -1.51. The fourth-order valence-corrected chi connectivity index (χ4v) is 1.80. The van der Waals surface area contributed by atoms with Gasteiger partial charge in [0.25, 0.3) is 0 Å². The molecule has 0 unspecified atom stereocenters. The molecular formula is C9H6Cl2F3N5. The number of halogens is 5. The van der Waals surface area contributed by atoms with Gasteiger partial charge in [0.15, 0.2) is 11.6 Å². The number of nitrogens with one attached hydrogen (secondary N) is 1. The first-order valence-electron chi connectivity index (χ1n) is 4.78. The van der Waals surface area contributed by atoms with Crippen LogP contribution in [-0.4, -0.2) is 14.8 Å². The van der Waals surface area contributed by atoms with Gasteiger partial charge >= 0.3 is 6.18 Å². The first-order valence-corrected chi connectivity index (χ1v) is 5.53. The maximum Gasteiger partial charge on any atom is 0.419 e. The highest BCUT2D eigenvalue weighted by atomic mass is 35.5. The van der Waals surface area contributed by atoms with Crippen molar-refractivity contribution in [1.29, 1.82) is 0 Å². The molecule has 0 aliphatic rings. The minimum atomic E-state index is -4.49. The SMILES string of the molecule is NNc1nc(-n2cc(C(F)(F)F)cn2)c(Cl)cc1Cl. The number of hydrazine groups is 1. The van der Waals surface area contributed by atoms with Crippen LogP contribution >= 0.6 is 23.2 Å². The first-order chi connectivity index (χ1) is 8.82. The normalized spacial score (nSPS) is 11.7. The largest absolute Gasteiger partial charge is 0.419 e. The molecule has 0 spiro atoms. The van der Waals surface area contributed by atoms with Gasteiger partial charge in [-0.1, -0.05) is 23.2 Å². The van der Waals surface area contributed by atoms with E-state index < -0.39 is 11.7 Å². The summed E-state index contributed by atoms with van der Waals surface area (Å²) in [5, 5.41) is 3.74. The molecule has 2 rings (SSSR count). The lowest BCUT2D eigenvalue weighted by Crippen LogP contribution is -2.11. The van der Waals surface area contributed by atoms with Crippen LogP contribution in [0.2, 0.25) is 10.0 Å². The van der Waals surface area contributed by atoms with Gasteiger partial charge in [-0.25, -0.2) is 15.5 Å². The molecule has 19 heavy (non-hydrogen) atoms. The zero-order valence-electron chi connectivity index (χ0n) is 9.04. The fourth-order valence-electron chi connectivity index (χ4n) is 1.30. The molecule has 0 aromatic carbocycles.